The van der Waals surface area contributed by atoms with Gasteiger partial charge in [-0.25, -0.2) is 0 Å². The van der Waals surface area contributed by atoms with Gasteiger partial charge < -0.3 is 9.47 Å². The Balaban J connectivity index is 1.69. The SMILES string of the molecule is Cc1ccc(N/N=C/c2ccc3c(c2)OCO3)cc1Cl. The van der Waals surface area contributed by atoms with Crippen LogP contribution in [0.15, 0.2) is 41.5 Å². The number of rotatable bonds is 3. The van der Waals surface area contributed by atoms with Gasteiger partial charge in [-0.2, -0.15) is 5.10 Å². The molecule has 0 spiro atoms. The van der Waals surface area contributed by atoms with E-state index in [2.05, 4.69) is 10.5 Å². The lowest BCUT2D eigenvalue weighted by Crippen LogP contribution is -1.93. The first kappa shape index (κ1) is 12.8. The quantitative estimate of drug-likeness (QED) is 0.689. The summed E-state index contributed by atoms with van der Waals surface area (Å²) < 4.78 is 10.6. The van der Waals surface area contributed by atoms with Crippen LogP contribution in [0.2, 0.25) is 5.02 Å². The molecule has 1 aliphatic heterocycles. The van der Waals surface area contributed by atoms with E-state index in [1.54, 1.807) is 6.21 Å². The average molecular weight is 289 g/mol. The molecule has 0 aliphatic carbocycles. The Labute approximate surface area is 122 Å². The molecule has 0 atom stereocenters. The van der Waals surface area contributed by atoms with Crippen LogP contribution in [0.5, 0.6) is 11.5 Å². The van der Waals surface area contributed by atoms with E-state index in [9.17, 15) is 0 Å². The van der Waals surface area contributed by atoms with Crippen molar-refractivity contribution < 1.29 is 9.47 Å². The Morgan fingerprint density at radius 3 is 2.85 bits per heavy atom. The number of ether oxygens (including phenoxy) is 2. The molecular formula is C15H13ClN2O2. The van der Waals surface area contributed by atoms with E-state index < -0.39 is 0 Å². The van der Waals surface area contributed by atoms with E-state index in [1.165, 1.54) is 0 Å². The Bertz CT molecular complexity index is 671. The van der Waals surface area contributed by atoms with Gasteiger partial charge in [0.1, 0.15) is 0 Å². The molecule has 4 nitrogen and oxygen atoms in total. The maximum absolute atomic E-state index is 6.05. The van der Waals surface area contributed by atoms with Gasteiger partial charge in [0, 0.05) is 5.02 Å². The molecule has 3 rings (SSSR count). The molecule has 5 heteroatoms. The second-order valence-corrected chi connectivity index (χ2v) is 4.85. The van der Waals surface area contributed by atoms with Crippen LogP contribution < -0.4 is 14.9 Å². The van der Waals surface area contributed by atoms with Crippen molar-refractivity contribution in [3.8, 4) is 11.5 Å². The fourth-order valence-electron chi connectivity index (χ4n) is 1.84. The molecule has 1 aliphatic rings. The minimum Gasteiger partial charge on any atom is -0.454 e. The van der Waals surface area contributed by atoms with E-state index in [4.69, 9.17) is 21.1 Å². The molecule has 0 saturated carbocycles. The second-order valence-electron chi connectivity index (χ2n) is 4.45. The molecule has 0 fully saturated rings. The molecule has 0 radical (unpaired) electrons. The molecule has 0 aromatic heterocycles. The number of hydrogen-bond donors (Lipinski definition) is 1. The number of benzene rings is 2. The number of nitrogens with zero attached hydrogens (tertiary/aromatic N) is 1. The van der Waals surface area contributed by atoms with Gasteiger partial charge in [0.15, 0.2) is 11.5 Å². The highest BCUT2D eigenvalue weighted by Crippen LogP contribution is 2.32. The summed E-state index contributed by atoms with van der Waals surface area (Å²) in [7, 11) is 0. The zero-order valence-electron chi connectivity index (χ0n) is 10.9. The molecular weight excluding hydrogens is 276 g/mol. The third-order valence-corrected chi connectivity index (χ3v) is 3.38. The lowest BCUT2D eigenvalue weighted by molar-refractivity contribution is 0.174. The van der Waals surface area contributed by atoms with Gasteiger partial charge in [0.05, 0.1) is 11.9 Å². The third-order valence-electron chi connectivity index (χ3n) is 2.98. The highest BCUT2D eigenvalue weighted by atomic mass is 35.5. The van der Waals surface area contributed by atoms with Crippen molar-refractivity contribution in [2.75, 3.05) is 12.2 Å². The number of hydrazone groups is 1. The van der Waals surface area contributed by atoms with Gasteiger partial charge in [-0.15, -0.1) is 0 Å². The molecule has 20 heavy (non-hydrogen) atoms. The lowest BCUT2D eigenvalue weighted by atomic mass is 10.2. The van der Waals surface area contributed by atoms with Crippen LogP contribution in [0.3, 0.4) is 0 Å². The standard InChI is InChI=1S/C15H13ClN2O2/c1-10-2-4-12(7-13(10)16)18-17-8-11-3-5-14-15(6-11)20-9-19-14/h2-8,18H,9H2,1H3/b17-8+. The molecule has 1 heterocycles. The maximum Gasteiger partial charge on any atom is 0.231 e. The normalized spacial score (nSPS) is 12.9. The Morgan fingerprint density at radius 2 is 2.00 bits per heavy atom. The average Bonchev–Trinajstić information content (AvgIpc) is 2.90. The summed E-state index contributed by atoms with van der Waals surface area (Å²) in [4.78, 5) is 0. The molecule has 2 aromatic rings. The first-order valence-electron chi connectivity index (χ1n) is 6.17. The molecule has 0 amide bonds. The monoisotopic (exact) mass is 288 g/mol. The number of nitrogens with one attached hydrogen (secondary N) is 1. The number of halogens is 1. The highest BCUT2D eigenvalue weighted by molar-refractivity contribution is 6.31. The van der Waals surface area contributed by atoms with Gasteiger partial charge >= 0.3 is 0 Å². The van der Waals surface area contributed by atoms with Crippen molar-refractivity contribution in [1.29, 1.82) is 0 Å². The Hall–Kier alpha value is -2.20. The summed E-state index contributed by atoms with van der Waals surface area (Å²) >= 11 is 6.05. The number of hydrogen-bond acceptors (Lipinski definition) is 4. The molecule has 0 unspecified atom stereocenters. The van der Waals surface area contributed by atoms with Crippen molar-refractivity contribution >= 4 is 23.5 Å². The van der Waals surface area contributed by atoms with Crippen LogP contribution in [-0.4, -0.2) is 13.0 Å². The number of anilines is 1. The first-order chi connectivity index (χ1) is 9.72. The minimum atomic E-state index is 0.274. The van der Waals surface area contributed by atoms with Crippen LogP contribution in [0.1, 0.15) is 11.1 Å². The summed E-state index contributed by atoms with van der Waals surface area (Å²) in [6, 6.07) is 11.4. The Morgan fingerprint density at radius 1 is 1.15 bits per heavy atom. The van der Waals surface area contributed by atoms with Crippen LogP contribution >= 0.6 is 11.6 Å². The van der Waals surface area contributed by atoms with Crippen LogP contribution in [-0.2, 0) is 0 Å². The lowest BCUT2D eigenvalue weighted by Gasteiger charge is -2.03. The largest absolute Gasteiger partial charge is 0.454 e. The van der Waals surface area contributed by atoms with Gasteiger partial charge in [-0.05, 0) is 48.4 Å². The van der Waals surface area contributed by atoms with Gasteiger partial charge in [0.25, 0.3) is 0 Å². The fraction of sp³-hybridized carbons (Fsp3) is 0.133. The summed E-state index contributed by atoms with van der Waals surface area (Å²) in [6.07, 6.45) is 1.72. The van der Waals surface area contributed by atoms with Crippen molar-refractivity contribution in [3.05, 3.63) is 52.5 Å². The predicted molar refractivity (Wildman–Crippen MR) is 80.0 cm³/mol. The second kappa shape index (κ2) is 5.43. The summed E-state index contributed by atoms with van der Waals surface area (Å²) in [5.74, 6) is 1.51. The van der Waals surface area contributed by atoms with Crippen LogP contribution in [0.4, 0.5) is 5.69 Å². The van der Waals surface area contributed by atoms with Crippen LogP contribution in [0, 0.1) is 6.92 Å². The molecule has 0 bridgehead atoms. The first-order valence-corrected chi connectivity index (χ1v) is 6.55. The van der Waals surface area contributed by atoms with E-state index in [-0.39, 0.29) is 6.79 Å². The van der Waals surface area contributed by atoms with Crippen molar-refractivity contribution in [1.82, 2.24) is 0 Å². The van der Waals surface area contributed by atoms with E-state index in [1.807, 2.05) is 43.3 Å². The summed E-state index contributed by atoms with van der Waals surface area (Å²) in [5.41, 5.74) is 5.76. The minimum absolute atomic E-state index is 0.274. The predicted octanol–water partition coefficient (Wildman–Crippen LogP) is 3.82. The fourth-order valence-corrected chi connectivity index (χ4v) is 2.02. The molecule has 0 saturated heterocycles. The summed E-state index contributed by atoms with van der Waals surface area (Å²) in [5, 5.41) is 4.89. The third kappa shape index (κ3) is 2.70. The van der Waals surface area contributed by atoms with Crippen molar-refractivity contribution in [3.63, 3.8) is 0 Å². The maximum atomic E-state index is 6.05. The van der Waals surface area contributed by atoms with Crippen molar-refractivity contribution in [2.24, 2.45) is 5.10 Å². The zero-order chi connectivity index (χ0) is 13.9. The smallest absolute Gasteiger partial charge is 0.231 e. The molecule has 102 valence electrons. The van der Waals surface area contributed by atoms with E-state index in [0.717, 1.165) is 28.3 Å². The van der Waals surface area contributed by atoms with Crippen LogP contribution in [0.25, 0.3) is 0 Å². The Kier molecular flexibility index (Phi) is 3.48. The van der Waals surface area contributed by atoms with E-state index >= 15 is 0 Å². The van der Waals surface area contributed by atoms with Crippen molar-refractivity contribution in [2.45, 2.75) is 6.92 Å². The molecule has 2 aromatic carbocycles. The van der Waals surface area contributed by atoms with E-state index in [0.29, 0.717) is 5.02 Å². The highest BCUT2D eigenvalue weighted by Gasteiger charge is 2.12. The topological polar surface area (TPSA) is 42.9 Å². The molecule has 1 N–H and O–H groups in total. The van der Waals surface area contributed by atoms with Gasteiger partial charge in [-0.1, -0.05) is 17.7 Å². The number of aryl methyl sites for hydroxylation is 1. The van der Waals surface area contributed by atoms with Gasteiger partial charge in [-0.3, -0.25) is 5.43 Å². The van der Waals surface area contributed by atoms with Gasteiger partial charge in [0.2, 0.25) is 6.79 Å². The number of fused-ring (bicyclic) bond motifs is 1. The summed E-state index contributed by atoms with van der Waals surface area (Å²) in [6.45, 7) is 2.23. The zero-order valence-corrected chi connectivity index (χ0v) is 11.6.